The second-order valence-corrected chi connectivity index (χ2v) is 5.50. The van der Waals surface area contributed by atoms with Crippen LogP contribution in [0.5, 0.6) is 0 Å². The maximum atomic E-state index is 6.22. The molecule has 0 heterocycles. The Morgan fingerprint density at radius 1 is 0.545 bits per heavy atom. The Morgan fingerprint density at radius 3 is 2.05 bits per heavy atom. The van der Waals surface area contributed by atoms with Gasteiger partial charge in [-0.1, -0.05) is 60.7 Å². The van der Waals surface area contributed by atoms with Crippen LogP contribution < -0.4 is 11.5 Å². The molecule has 0 aliphatic carbocycles. The molecule has 0 aliphatic heterocycles. The van der Waals surface area contributed by atoms with Crippen LogP contribution in [0.4, 0.5) is 11.4 Å². The minimum Gasteiger partial charge on any atom is -0.397 e. The summed E-state index contributed by atoms with van der Waals surface area (Å²) in [6, 6.07) is 24.9. The van der Waals surface area contributed by atoms with E-state index in [1.807, 2.05) is 18.2 Å². The van der Waals surface area contributed by atoms with Gasteiger partial charge in [-0.2, -0.15) is 0 Å². The molecule has 2 nitrogen and oxygen atoms in total. The van der Waals surface area contributed by atoms with Gasteiger partial charge in [-0.05, 0) is 39.2 Å². The number of hydrogen-bond donors (Lipinski definition) is 2. The van der Waals surface area contributed by atoms with E-state index in [1.54, 1.807) is 0 Å². The number of para-hydroxylation sites is 1. The van der Waals surface area contributed by atoms with E-state index in [4.69, 9.17) is 11.5 Å². The third kappa shape index (κ3) is 1.81. The average Bonchev–Trinajstić information content (AvgIpc) is 2.57. The first-order chi connectivity index (χ1) is 10.8. The van der Waals surface area contributed by atoms with Gasteiger partial charge >= 0.3 is 0 Å². The first-order valence-corrected chi connectivity index (χ1v) is 7.30. The molecule has 4 N–H and O–H groups in total. The van der Waals surface area contributed by atoms with E-state index in [9.17, 15) is 0 Å². The Hall–Kier alpha value is -3.00. The third-order valence-corrected chi connectivity index (χ3v) is 4.20. The fourth-order valence-corrected chi connectivity index (χ4v) is 3.10. The molecule has 2 heteroatoms. The van der Waals surface area contributed by atoms with Crippen LogP contribution >= 0.6 is 0 Å². The fourth-order valence-electron chi connectivity index (χ4n) is 3.10. The number of nitrogens with two attached hydrogens (primary N) is 2. The van der Waals surface area contributed by atoms with E-state index < -0.39 is 0 Å². The highest BCUT2D eigenvalue weighted by Crippen LogP contribution is 2.38. The summed E-state index contributed by atoms with van der Waals surface area (Å²) in [7, 11) is 0. The van der Waals surface area contributed by atoms with E-state index in [0.717, 1.165) is 11.1 Å². The predicted molar refractivity (Wildman–Crippen MR) is 95.7 cm³/mol. The lowest BCUT2D eigenvalue weighted by Crippen LogP contribution is -1.97. The fraction of sp³-hybridized carbons (Fsp3) is 0. The first kappa shape index (κ1) is 12.7. The molecule has 0 aromatic heterocycles. The number of anilines is 2. The Bertz CT molecular complexity index is 1000. The molecule has 22 heavy (non-hydrogen) atoms. The van der Waals surface area contributed by atoms with E-state index in [1.165, 1.54) is 21.5 Å². The lowest BCUT2D eigenvalue weighted by Gasteiger charge is -2.13. The molecule has 106 valence electrons. The van der Waals surface area contributed by atoms with Gasteiger partial charge in [0.05, 0.1) is 11.4 Å². The first-order valence-electron chi connectivity index (χ1n) is 7.30. The van der Waals surface area contributed by atoms with Crippen molar-refractivity contribution in [1.29, 1.82) is 0 Å². The molecular weight excluding hydrogens is 268 g/mol. The predicted octanol–water partition coefficient (Wildman–Crippen LogP) is 4.82. The zero-order valence-electron chi connectivity index (χ0n) is 12.1. The van der Waals surface area contributed by atoms with Crippen LogP contribution in [-0.4, -0.2) is 0 Å². The minimum atomic E-state index is 0.620. The number of hydrogen-bond acceptors (Lipinski definition) is 2. The lowest BCUT2D eigenvalue weighted by molar-refractivity contribution is 1.64. The average molecular weight is 284 g/mol. The van der Waals surface area contributed by atoms with Crippen molar-refractivity contribution >= 4 is 32.9 Å². The van der Waals surface area contributed by atoms with Crippen LogP contribution in [0, 0.1) is 0 Å². The molecule has 0 fully saturated rings. The van der Waals surface area contributed by atoms with Crippen LogP contribution in [-0.2, 0) is 0 Å². The van der Waals surface area contributed by atoms with Gasteiger partial charge in [0.2, 0.25) is 0 Å². The van der Waals surface area contributed by atoms with Crippen molar-refractivity contribution < 1.29 is 0 Å². The maximum Gasteiger partial charge on any atom is 0.0627 e. The van der Waals surface area contributed by atoms with Gasteiger partial charge < -0.3 is 11.5 Å². The quantitative estimate of drug-likeness (QED) is 0.389. The standard InChI is InChI=1S/C20H16N2/c21-19-11-5-10-17(20(19)22)18-12-13-6-1-2-7-14(13)15-8-3-4-9-16(15)18/h1-12H,21-22H2. The van der Waals surface area contributed by atoms with Gasteiger partial charge in [-0.3, -0.25) is 0 Å². The molecule has 4 aromatic rings. The smallest absolute Gasteiger partial charge is 0.0627 e. The van der Waals surface area contributed by atoms with Gasteiger partial charge in [0.1, 0.15) is 0 Å². The van der Waals surface area contributed by atoms with Crippen LogP contribution in [0.2, 0.25) is 0 Å². The van der Waals surface area contributed by atoms with Crippen molar-refractivity contribution in [1.82, 2.24) is 0 Å². The summed E-state index contributed by atoms with van der Waals surface area (Å²) >= 11 is 0. The molecule has 0 spiro atoms. The summed E-state index contributed by atoms with van der Waals surface area (Å²) in [5.41, 5.74) is 15.6. The summed E-state index contributed by atoms with van der Waals surface area (Å²) in [4.78, 5) is 0. The highest BCUT2D eigenvalue weighted by molar-refractivity contribution is 6.14. The van der Waals surface area contributed by atoms with Gasteiger partial charge in [-0.15, -0.1) is 0 Å². The maximum absolute atomic E-state index is 6.22. The van der Waals surface area contributed by atoms with Crippen molar-refractivity contribution in [3.8, 4) is 11.1 Å². The zero-order valence-corrected chi connectivity index (χ0v) is 12.1. The monoisotopic (exact) mass is 284 g/mol. The van der Waals surface area contributed by atoms with Crippen LogP contribution in [0.15, 0.2) is 72.8 Å². The Labute approximate surface area is 129 Å². The Kier molecular flexibility index (Phi) is 2.76. The van der Waals surface area contributed by atoms with Crippen molar-refractivity contribution in [2.24, 2.45) is 0 Å². The summed E-state index contributed by atoms with van der Waals surface area (Å²) in [6.45, 7) is 0. The van der Waals surface area contributed by atoms with Crippen LogP contribution in [0.3, 0.4) is 0 Å². The number of rotatable bonds is 1. The van der Waals surface area contributed by atoms with Gasteiger partial charge in [0.15, 0.2) is 0 Å². The van der Waals surface area contributed by atoms with Gasteiger partial charge in [0.25, 0.3) is 0 Å². The molecule has 4 rings (SSSR count). The summed E-state index contributed by atoms with van der Waals surface area (Å²) < 4.78 is 0. The molecule has 4 aromatic carbocycles. The van der Waals surface area contributed by atoms with E-state index in [0.29, 0.717) is 11.4 Å². The summed E-state index contributed by atoms with van der Waals surface area (Å²) in [5, 5.41) is 4.89. The van der Waals surface area contributed by atoms with Crippen LogP contribution in [0.1, 0.15) is 0 Å². The van der Waals surface area contributed by atoms with Crippen molar-refractivity contribution in [2.75, 3.05) is 11.5 Å². The molecule has 0 bridgehead atoms. The second-order valence-electron chi connectivity index (χ2n) is 5.50. The van der Waals surface area contributed by atoms with Crippen molar-refractivity contribution in [3.63, 3.8) is 0 Å². The molecule has 0 saturated heterocycles. The molecule has 0 aliphatic rings. The topological polar surface area (TPSA) is 52.0 Å². The molecule has 0 radical (unpaired) electrons. The number of benzene rings is 4. The highest BCUT2D eigenvalue weighted by Gasteiger charge is 2.11. The van der Waals surface area contributed by atoms with Crippen LogP contribution in [0.25, 0.3) is 32.7 Å². The van der Waals surface area contributed by atoms with Gasteiger partial charge in [-0.25, -0.2) is 0 Å². The summed E-state index contributed by atoms with van der Waals surface area (Å²) in [5.74, 6) is 0. The SMILES string of the molecule is Nc1cccc(-c2cc3ccccc3c3ccccc23)c1N. The van der Waals surface area contributed by atoms with Gasteiger partial charge in [0, 0.05) is 5.56 Å². The highest BCUT2D eigenvalue weighted by atomic mass is 14.7. The zero-order chi connectivity index (χ0) is 15.1. The molecular formula is C20H16N2. The minimum absolute atomic E-state index is 0.620. The molecule has 0 saturated carbocycles. The Morgan fingerprint density at radius 2 is 1.23 bits per heavy atom. The normalized spacial score (nSPS) is 11.1. The third-order valence-electron chi connectivity index (χ3n) is 4.20. The second kappa shape index (κ2) is 4.78. The number of nitrogen functional groups attached to an aromatic ring is 2. The van der Waals surface area contributed by atoms with E-state index in [-0.39, 0.29) is 0 Å². The largest absolute Gasteiger partial charge is 0.397 e. The lowest BCUT2D eigenvalue weighted by atomic mass is 9.92. The van der Waals surface area contributed by atoms with Crippen molar-refractivity contribution in [3.05, 3.63) is 72.8 Å². The van der Waals surface area contributed by atoms with Crippen molar-refractivity contribution in [2.45, 2.75) is 0 Å². The number of fused-ring (bicyclic) bond motifs is 3. The Balaban J connectivity index is 2.19. The van der Waals surface area contributed by atoms with E-state index >= 15 is 0 Å². The molecule has 0 atom stereocenters. The molecule has 0 unspecified atom stereocenters. The molecule has 0 amide bonds. The summed E-state index contributed by atoms with van der Waals surface area (Å²) in [6.07, 6.45) is 0. The van der Waals surface area contributed by atoms with E-state index in [2.05, 4.69) is 54.6 Å².